The summed E-state index contributed by atoms with van der Waals surface area (Å²) in [5.74, 6) is 1.28. The Morgan fingerprint density at radius 2 is 2.16 bits per heavy atom. The van der Waals surface area contributed by atoms with Gasteiger partial charge in [-0.1, -0.05) is 17.3 Å². The number of halogens is 1. The average Bonchev–Trinajstić information content (AvgIpc) is 2.89. The number of rotatable bonds is 3. The molecule has 1 saturated heterocycles. The summed E-state index contributed by atoms with van der Waals surface area (Å²) in [6, 6.07) is 6.47. The summed E-state index contributed by atoms with van der Waals surface area (Å²) >= 11 is 0. The normalized spacial score (nSPS) is 19.5. The van der Waals surface area contributed by atoms with Gasteiger partial charge in [-0.15, -0.1) is 0 Å². The van der Waals surface area contributed by atoms with Gasteiger partial charge in [-0.3, -0.25) is 0 Å². The lowest BCUT2D eigenvalue weighted by molar-refractivity contribution is 0.321. The third kappa shape index (κ3) is 2.84. The fraction of sp³-hybridized carbons (Fsp3) is 0.400. The number of nitrogens with one attached hydrogen (secondary N) is 1. The maximum absolute atomic E-state index is 13.0. The van der Waals surface area contributed by atoms with Gasteiger partial charge in [0.05, 0.1) is 6.20 Å². The molecule has 0 amide bonds. The molecule has 0 bridgehead atoms. The Balaban J connectivity index is 1.79. The van der Waals surface area contributed by atoms with E-state index in [0.29, 0.717) is 5.92 Å². The van der Waals surface area contributed by atoms with Gasteiger partial charge in [0.15, 0.2) is 0 Å². The second-order valence-electron chi connectivity index (χ2n) is 5.09. The molecular formula is C15H17FN2O. The molecule has 1 aliphatic rings. The number of hydrogen-bond donors (Lipinski definition) is 1. The first-order valence-electron chi connectivity index (χ1n) is 6.73. The van der Waals surface area contributed by atoms with Gasteiger partial charge in [-0.2, -0.15) is 0 Å². The Labute approximate surface area is 111 Å². The highest BCUT2D eigenvalue weighted by Crippen LogP contribution is 2.27. The summed E-state index contributed by atoms with van der Waals surface area (Å²) in [6.45, 7) is 2.14. The third-order valence-corrected chi connectivity index (χ3v) is 3.67. The number of benzene rings is 1. The zero-order valence-electron chi connectivity index (χ0n) is 10.7. The van der Waals surface area contributed by atoms with Crippen molar-refractivity contribution >= 4 is 0 Å². The van der Waals surface area contributed by atoms with Gasteiger partial charge in [0.25, 0.3) is 0 Å². The van der Waals surface area contributed by atoms with Crippen LogP contribution >= 0.6 is 0 Å². The van der Waals surface area contributed by atoms with Crippen LogP contribution in [0.3, 0.4) is 0 Å². The smallest absolute Gasteiger partial charge is 0.144 e. The van der Waals surface area contributed by atoms with Crippen LogP contribution in [0.15, 0.2) is 35.0 Å². The van der Waals surface area contributed by atoms with Gasteiger partial charge in [0.1, 0.15) is 11.6 Å². The highest BCUT2D eigenvalue weighted by atomic mass is 19.1. The first-order chi connectivity index (χ1) is 9.33. The lowest BCUT2D eigenvalue weighted by atomic mass is 9.93. The molecule has 1 fully saturated rings. The van der Waals surface area contributed by atoms with E-state index in [1.54, 1.807) is 18.3 Å². The summed E-state index contributed by atoms with van der Waals surface area (Å²) in [5, 5.41) is 7.30. The standard InChI is InChI=1S/C15H17FN2O/c16-13-5-3-12(4-6-13)14-10-18-19-15(14)8-11-2-1-7-17-9-11/h3-6,10-11,17H,1-2,7-9H2. The second-order valence-corrected chi connectivity index (χ2v) is 5.09. The molecule has 4 heteroatoms. The Morgan fingerprint density at radius 3 is 2.89 bits per heavy atom. The molecule has 1 atom stereocenters. The number of nitrogens with zero attached hydrogens (tertiary/aromatic N) is 1. The number of aromatic nitrogens is 1. The van der Waals surface area contributed by atoms with E-state index >= 15 is 0 Å². The van der Waals surface area contributed by atoms with Crippen molar-refractivity contribution in [2.45, 2.75) is 19.3 Å². The van der Waals surface area contributed by atoms with Crippen LogP contribution in [0.2, 0.25) is 0 Å². The van der Waals surface area contributed by atoms with Crippen LogP contribution in [0.25, 0.3) is 11.1 Å². The molecule has 0 radical (unpaired) electrons. The molecule has 0 aliphatic carbocycles. The van der Waals surface area contributed by atoms with E-state index < -0.39 is 0 Å². The summed E-state index contributed by atoms with van der Waals surface area (Å²) in [4.78, 5) is 0. The van der Waals surface area contributed by atoms with Gasteiger partial charge >= 0.3 is 0 Å². The van der Waals surface area contributed by atoms with Crippen LogP contribution in [-0.2, 0) is 6.42 Å². The highest BCUT2D eigenvalue weighted by molar-refractivity contribution is 5.64. The first kappa shape index (κ1) is 12.4. The molecule has 2 heterocycles. The summed E-state index contributed by atoms with van der Waals surface area (Å²) < 4.78 is 18.3. The number of hydrogen-bond acceptors (Lipinski definition) is 3. The number of piperidine rings is 1. The SMILES string of the molecule is Fc1ccc(-c2cnoc2CC2CCCNC2)cc1. The van der Waals surface area contributed by atoms with Gasteiger partial charge < -0.3 is 9.84 Å². The highest BCUT2D eigenvalue weighted by Gasteiger charge is 2.18. The van der Waals surface area contributed by atoms with Crippen molar-refractivity contribution in [3.8, 4) is 11.1 Å². The van der Waals surface area contributed by atoms with E-state index in [9.17, 15) is 4.39 Å². The van der Waals surface area contributed by atoms with Gasteiger partial charge in [-0.25, -0.2) is 4.39 Å². The molecule has 1 aliphatic heterocycles. The first-order valence-corrected chi connectivity index (χ1v) is 6.73. The molecule has 3 rings (SSSR count). The predicted molar refractivity (Wildman–Crippen MR) is 71.2 cm³/mol. The molecular weight excluding hydrogens is 243 g/mol. The van der Waals surface area contributed by atoms with Crippen molar-refractivity contribution in [3.05, 3.63) is 42.0 Å². The quantitative estimate of drug-likeness (QED) is 0.921. The Morgan fingerprint density at radius 1 is 1.32 bits per heavy atom. The molecule has 3 nitrogen and oxygen atoms in total. The van der Waals surface area contributed by atoms with Crippen molar-refractivity contribution in [2.24, 2.45) is 5.92 Å². The lowest BCUT2D eigenvalue weighted by Gasteiger charge is -2.21. The average molecular weight is 260 g/mol. The molecule has 19 heavy (non-hydrogen) atoms. The monoisotopic (exact) mass is 260 g/mol. The molecule has 1 N–H and O–H groups in total. The zero-order chi connectivity index (χ0) is 13.1. The van der Waals surface area contributed by atoms with Crippen molar-refractivity contribution in [1.82, 2.24) is 10.5 Å². The Bertz CT molecular complexity index is 529. The minimum Gasteiger partial charge on any atom is -0.361 e. The van der Waals surface area contributed by atoms with Crippen LogP contribution in [0.4, 0.5) is 4.39 Å². The zero-order valence-corrected chi connectivity index (χ0v) is 10.7. The van der Waals surface area contributed by atoms with E-state index in [4.69, 9.17) is 4.52 Å². The lowest BCUT2D eigenvalue weighted by Crippen LogP contribution is -2.30. The van der Waals surface area contributed by atoms with Gasteiger partial charge in [0.2, 0.25) is 0 Å². The predicted octanol–water partition coefficient (Wildman–Crippen LogP) is 3.02. The van der Waals surface area contributed by atoms with Gasteiger partial charge in [-0.05, 0) is 49.5 Å². The van der Waals surface area contributed by atoms with Crippen LogP contribution in [0, 0.1) is 11.7 Å². The largest absolute Gasteiger partial charge is 0.361 e. The Hall–Kier alpha value is -1.68. The van der Waals surface area contributed by atoms with E-state index in [2.05, 4.69) is 10.5 Å². The fourth-order valence-corrected chi connectivity index (χ4v) is 2.64. The van der Waals surface area contributed by atoms with Crippen LogP contribution < -0.4 is 5.32 Å². The molecule has 1 unspecified atom stereocenters. The van der Waals surface area contributed by atoms with Crippen molar-refractivity contribution in [3.63, 3.8) is 0 Å². The van der Waals surface area contributed by atoms with E-state index in [-0.39, 0.29) is 5.82 Å². The topological polar surface area (TPSA) is 38.1 Å². The van der Waals surface area contributed by atoms with Crippen LogP contribution in [0.5, 0.6) is 0 Å². The van der Waals surface area contributed by atoms with E-state index in [0.717, 1.165) is 36.4 Å². The summed E-state index contributed by atoms with van der Waals surface area (Å²) in [7, 11) is 0. The minimum atomic E-state index is -0.224. The van der Waals surface area contributed by atoms with Gasteiger partial charge in [0, 0.05) is 12.0 Å². The second kappa shape index (κ2) is 5.53. The third-order valence-electron chi connectivity index (χ3n) is 3.67. The van der Waals surface area contributed by atoms with Crippen molar-refractivity contribution in [2.75, 3.05) is 13.1 Å². The molecule has 2 aromatic rings. The van der Waals surface area contributed by atoms with Crippen molar-refractivity contribution < 1.29 is 8.91 Å². The fourth-order valence-electron chi connectivity index (χ4n) is 2.64. The minimum absolute atomic E-state index is 0.224. The maximum Gasteiger partial charge on any atom is 0.144 e. The molecule has 0 spiro atoms. The summed E-state index contributed by atoms with van der Waals surface area (Å²) in [6.07, 6.45) is 5.04. The van der Waals surface area contributed by atoms with E-state index in [1.165, 1.54) is 25.0 Å². The molecule has 100 valence electrons. The molecule has 1 aromatic heterocycles. The van der Waals surface area contributed by atoms with Crippen molar-refractivity contribution in [1.29, 1.82) is 0 Å². The van der Waals surface area contributed by atoms with Crippen LogP contribution in [0.1, 0.15) is 18.6 Å². The Kier molecular flexibility index (Phi) is 3.60. The van der Waals surface area contributed by atoms with Crippen LogP contribution in [-0.4, -0.2) is 18.2 Å². The molecule has 0 saturated carbocycles. The van der Waals surface area contributed by atoms with E-state index in [1.807, 2.05) is 0 Å². The molecule has 1 aromatic carbocycles. The summed E-state index contributed by atoms with van der Waals surface area (Å²) in [5.41, 5.74) is 1.94. The maximum atomic E-state index is 13.0.